The molecule has 3 rings (SSSR count). The molecule has 2 heterocycles. The van der Waals surface area contributed by atoms with Crippen molar-refractivity contribution in [2.45, 2.75) is 58.9 Å². The van der Waals surface area contributed by atoms with Crippen LogP contribution in [0.1, 0.15) is 74.7 Å². The fourth-order valence-corrected chi connectivity index (χ4v) is 3.23. The number of fused-ring (bicyclic) bond motifs is 1. The van der Waals surface area contributed by atoms with Crippen LogP contribution in [-0.2, 0) is 11.8 Å². The zero-order valence-corrected chi connectivity index (χ0v) is 15.4. The minimum Gasteiger partial charge on any atom is -0.344 e. The highest BCUT2D eigenvalue weighted by atomic mass is 16.2. The van der Waals surface area contributed by atoms with Gasteiger partial charge in [0.15, 0.2) is 0 Å². The lowest BCUT2D eigenvalue weighted by Crippen LogP contribution is -2.38. The summed E-state index contributed by atoms with van der Waals surface area (Å²) in [5.74, 6) is 0.496. The number of carbonyl (C=O) groups is 1. The summed E-state index contributed by atoms with van der Waals surface area (Å²) in [6.07, 6.45) is 3.48. The first-order chi connectivity index (χ1) is 11.5. The average Bonchev–Trinajstić information content (AvgIpc) is 2.91. The Labute approximate surface area is 146 Å². The monoisotopic (exact) mass is 343 g/mol. The van der Waals surface area contributed by atoms with Gasteiger partial charge in [0.2, 0.25) is 0 Å². The number of nitrogens with one attached hydrogen (secondary N) is 3. The van der Waals surface area contributed by atoms with Crippen molar-refractivity contribution in [1.82, 2.24) is 25.5 Å². The molecule has 0 fully saturated rings. The standard InChI is InChI=1S/C18H25N5O2/c1-17(2,3)16-19-9-10-12(7-18(4,5)8-13(10)21-16)20-15(25)11-6-14(24)23-22-11/h6,9,12H,7-8H2,1-5H3,(H,20,25)(H2,22,23,24). The Morgan fingerprint density at radius 1 is 1.32 bits per heavy atom. The van der Waals surface area contributed by atoms with E-state index >= 15 is 0 Å². The molecule has 0 aliphatic heterocycles. The van der Waals surface area contributed by atoms with Crippen molar-refractivity contribution in [3.8, 4) is 0 Å². The van der Waals surface area contributed by atoms with E-state index in [-0.39, 0.29) is 34.0 Å². The van der Waals surface area contributed by atoms with Crippen molar-refractivity contribution in [2.75, 3.05) is 0 Å². The number of amides is 1. The highest BCUT2D eigenvalue weighted by molar-refractivity contribution is 5.92. The molecule has 25 heavy (non-hydrogen) atoms. The highest BCUT2D eigenvalue weighted by Crippen LogP contribution is 2.40. The second kappa shape index (κ2) is 5.82. The fraction of sp³-hybridized carbons (Fsp3) is 0.556. The summed E-state index contributed by atoms with van der Waals surface area (Å²) in [7, 11) is 0. The average molecular weight is 343 g/mol. The molecular formula is C18H25N5O2. The van der Waals surface area contributed by atoms with Crippen molar-refractivity contribution in [3.63, 3.8) is 0 Å². The third kappa shape index (κ3) is 3.65. The molecule has 7 heteroatoms. The molecular weight excluding hydrogens is 318 g/mol. The first-order valence-electron chi connectivity index (χ1n) is 8.50. The number of H-pyrrole nitrogens is 2. The molecule has 134 valence electrons. The van der Waals surface area contributed by atoms with Gasteiger partial charge in [-0.1, -0.05) is 34.6 Å². The van der Waals surface area contributed by atoms with Crippen LogP contribution < -0.4 is 10.9 Å². The molecule has 0 saturated heterocycles. The van der Waals surface area contributed by atoms with Crippen molar-refractivity contribution in [3.05, 3.63) is 45.4 Å². The van der Waals surface area contributed by atoms with Gasteiger partial charge in [-0.2, -0.15) is 0 Å². The zero-order valence-electron chi connectivity index (χ0n) is 15.4. The van der Waals surface area contributed by atoms with E-state index in [9.17, 15) is 9.59 Å². The Balaban J connectivity index is 1.93. The number of nitrogens with zero attached hydrogens (tertiary/aromatic N) is 2. The van der Waals surface area contributed by atoms with Crippen LogP contribution in [0, 0.1) is 5.41 Å². The lowest BCUT2D eigenvalue weighted by Gasteiger charge is -2.37. The maximum atomic E-state index is 12.4. The summed E-state index contributed by atoms with van der Waals surface area (Å²) in [5.41, 5.74) is 1.73. The van der Waals surface area contributed by atoms with Crippen LogP contribution in [0.15, 0.2) is 17.1 Å². The van der Waals surface area contributed by atoms with Crippen molar-refractivity contribution in [1.29, 1.82) is 0 Å². The van der Waals surface area contributed by atoms with Gasteiger partial charge in [0.1, 0.15) is 11.5 Å². The SMILES string of the molecule is CC1(C)Cc2nc(C(C)(C)C)ncc2C(NC(=O)c2cc(=O)[nH][nH]2)C1. The predicted octanol–water partition coefficient (Wildman–Crippen LogP) is 2.23. The molecule has 2 aromatic heterocycles. The fourth-order valence-electron chi connectivity index (χ4n) is 3.23. The second-order valence-electron chi connectivity index (χ2n) is 8.59. The van der Waals surface area contributed by atoms with Crippen LogP contribution in [0.5, 0.6) is 0 Å². The largest absolute Gasteiger partial charge is 0.344 e. The Hall–Kier alpha value is -2.44. The Morgan fingerprint density at radius 3 is 2.64 bits per heavy atom. The third-order valence-corrected chi connectivity index (χ3v) is 4.49. The summed E-state index contributed by atoms with van der Waals surface area (Å²) in [6, 6.07) is 1.07. The van der Waals surface area contributed by atoms with E-state index < -0.39 is 0 Å². The van der Waals surface area contributed by atoms with Crippen LogP contribution >= 0.6 is 0 Å². The van der Waals surface area contributed by atoms with Crippen molar-refractivity contribution in [2.24, 2.45) is 5.41 Å². The van der Waals surface area contributed by atoms with Gasteiger partial charge in [0, 0.05) is 28.9 Å². The van der Waals surface area contributed by atoms with Gasteiger partial charge in [-0.15, -0.1) is 0 Å². The molecule has 0 aromatic carbocycles. The maximum absolute atomic E-state index is 12.4. The molecule has 1 atom stereocenters. The van der Waals surface area contributed by atoms with Gasteiger partial charge < -0.3 is 5.32 Å². The highest BCUT2D eigenvalue weighted by Gasteiger charge is 2.35. The topological polar surface area (TPSA) is 104 Å². The molecule has 1 unspecified atom stereocenters. The first kappa shape index (κ1) is 17.4. The summed E-state index contributed by atoms with van der Waals surface area (Å²) in [6.45, 7) is 10.6. The summed E-state index contributed by atoms with van der Waals surface area (Å²) >= 11 is 0. The van der Waals surface area contributed by atoms with Crippen LogP contribution in [0.3, 0.4) is 0 Å². The lowest BCUT2D eigenvalue weighted by atomic mass is 9.74. The summed E-state index contributed by atoms with van der Waals surface area (Å²) < 4.78 is 0. The number of hydrogen-bond acceptors (Lipinski definition) is 4. The number of aromatic amines is 2. The van der Waals surface area contributed by atoms with Gasteiger partial charge in [-0.3, -0.25) is 19.8 Å². The summed E-state index contributed by atoms with van der Waals surface area (Å²) in [5, 5.41) is 7.98. The molecule has 0 saturated carbocycles. The molecule has 0 spiro atoms. The van der Waals surface area contributed by atoms with E-state index in [1.165, 1.54) is 6.07 Å². The second-order valence-corrected chi connectivity index (χ2v) is 8.59. The van der Waals surface area contributed by atoms with E-state index in [2.05, 4.69) is 55.1 Å². The number of hydrogen-bond donors (Lipinski definition) is 3. The van der Waals surface area contributed by atoms with Gasteiger partial charge in [0.25, 0.3) is 11.5 Å². The normalized spacial score (nSPS) is 19.3. The van der Waals surface area contributed by atoms with Gasteiger partial charge >= 0.3 is 0 Å². The molecule has 7 nitrogen and oxygen atoms in total. The van der Waals surface area contributed by atoms with Gasteiger partial charge in [0.05, 0.1) is 6.04 Å². The molecule has 0 bridgehead atoms. The number of rotatable bonds is 2. The molecule has 1 amide bonds. The number of carbonyl (C=O) groups excluding carboxylic acids is 1. The van der Waals surface area contributed by atoms with Crippen LogP contribution in [0.4, 0.5) is 0 Å². The minimum absolute atomic E-state index is 0.0139. The molecule has 2 aromatic rings. The number of aromatic nitrogens is 4. The Morgan fingerprint density at radius 2 is 2.04 bits per heavy atom. The van der Waals surface area contributed by atoms with E-state index in [1.54, 1.807) is 0 Å². The quantitative estimate of drug-likeness (QED) is 0.778. The van der Waals surface area contributed by atoms with Crippen LogP contribution in [0.25, 0.3) is 0 Å². The Bertz CT molecular complexity index is 857. The van der Waals surface area contributed by atoms with E-state index in [1.807, 2.05) is 6.20 Å². The van der Waals surface area contributed by atoms with E-state index in [0.29, 0.717) is 0 Å². The smallest absolute Gasteiger partial charge is 0.269 e. The maximum Gasteiger partial charge on any atom is 0.269 e. The molecule has 3 N–H and O–H groups in total. The van der Waals surface area contributed by atoms with E-state index in [4.69, 9.17) is 4.98 Å². The van der Waals surface area contributed by atoms with Gasteiger partial charge in [-0.05, 0) is 18.3 Å². The summed E-state index contributed by atoms with van der Waals surface area (Å²) in [4.78, 5) is 33.0. The predicted molar refractivity (Wildman–Crippen MR) is 94.5 cm³/mol. The zero-order chi connectivity index (χ0) is 18.4. The van der Waals surface area contributed by atoms with E-state index in [0.717, 1.165) is 29.9 Å². The van der Waals surface area contributed by atoms with Crippen molar-refractivity contribution >= 4 is 5.91 Å². The first-order valence-corrected chi connectivity index (χ1v) is 8.50. The lowest BCUT2D eigenvalue weighted by molar-refractivity contribution is 0.0913. The molecule has 0 radical (unpaired) electrons. The van der Waals surface area contributed by atoms with Crippen molar-refractivity contribution < 1.29 is 4.79 Å². The van der Waals surface area contributed by atoms with Crippen LogP contribution in [-0.4, -0.2) is 26.1 Å². The molecule has 1 aliphatic carbocycles. The van der Waals surface area contributed by atoms with Gasteiger partial charge in [-0.25, -0.2) is 9.97 Å². The molecule has 1 aliphatic rings. The van der Waals surface area contributed by atoms with Crippen LogP contribution in [0.2, 0.25) is 0 Å². The Kier molecular flexibility index (Phi) is 4.05. The minimum atomic E-state index is -0.326. The third-order valence-electron chi connectivity index (χ3n) is 4.49.